The highest BCUT2D eigenvalue weighted by atomic mass is 15.2. The maximum Gasteiger partial charge on any atom is 0.191 e. The third kappa shape index (κ3) is 6.06. The van der Waals surface area contributed by atoms with Crippen LogP contribution in [0.2, 0.25) is 0 Å². The number of benzene rings is 1. The average Bonchev–Trinajstić information content (AvgIpc) is 3.02. The molecule has 0 unspecified atom stereocenters. The molecule has 0 spiro atoms. The summed E-state index contributed by atoms with van der Waals surface area (Å²) in [5.74, 6) is 0.922. The first kappa shape index (κ1) is 16.8. The monoisotopic (exact) mass is 302 g/mol. The second-order valence-electron chi connectivity index (χ2n) is 6.01. The van der Waals surface area contributed by atoms with Crippen molar-refractivity contribution in [1.29, 1.82) is 0 Å². The summed E-state index contributed by atoms with van der Waals surface area (Å²) in [5.41, 5.74) is 2.55. The van der Waals surface area contributed by atoms with Crippen LogP contribution in [0.15, 0.2) is 29.3 Å². The van der Waals surface area contributed by atoms with Crippen LogP contribution in [-0.4, -0.2) is 43.6 Å². The maximum atomic E-state index is 4.67. The third-order valence-electron chi connectivity index (χ3n) is 3.99. The Morgan fingerprint density at radius 2 is 2.05 bits per heavy atom. The Hall–Kier alpha value is -1.55. The van der Waals surface area contributed by atoms with Crippen LogP contribution in [-0.2, 0) is 6.54 Å². The van der Waals surface area contributed by atoms with Crippen LogP contribution in [0.3, 0.4) is 0 Å². The van der Waals surface area contributed by atoms with E-state index in [0.29, 0.717) is 0 Å². The van der Waals surface area contributed by atoms with E-state index in [1.165, 1.54) is 50.0 Å². The topological polar surface area (TPSA) is 39.7 Å². The first-order valence-corrected chi connectivity index (χ1v) is 8.58. The Morgan fingerprint density at radius 3 is 2.77 bits per heavy atom. The van der Waals surface area contributed by atoms with Crippen LogP contribution in [0.1, 0.15) is 37.3 Å². The van der Waals surface area contributed by atoms with Crippen LogP contribution in [0, 0.1) is 6.92 Å². The van der Waals surface area contributed by atoms with Gasteiger partial charge in [0.05, 0.1) is 6.54 Å². The zero-order valence-electron chi connectivity index (χ0n) is 14.1. The molecule has 4 heteroatoms. The number of aryl methyl sites for hydroxylation is 1. The normalized spacial score (nSPS) is 16.0. The van der Waals surface area contributed by atoms with E-state index in [0.717, 1.165) is 25.6 Å². The molecule has 1 aliphatic rings. The molecule has 122 valence electrons. The quantitative estimate of drug-likeness (QED) is 0.462. The smallest absolute Gasteiger partial charge is 0.191 e. The molecule has 1 aliphatic heterocycles. The van der Waals surface area contributed by atoms with Crippen molar-refractivity contribution in [2.45, 2.75) is 39.7 Å². The van der Waals surface area contributed by atoms with Crippen molar-refractivity contribution in [2.24, 2.45) is 4.99 Å². The van der Waals surface area contributed by atoms with Gasteiger partial charge < -0.3 is 15.5 Å². The largest absolute Gasteiger partial charge is 0.357 e. The highest BCUT2D eigenvalue weighted by molar-refractivity contribution is 5.79. The minimum atomic E-state index is 0.725. The Bertz CT molecular complexity index is 464. The first-order valence-electron chi connectivity index (χ1n) is 8.58. The fraction of sp³-hybridized carbons (Fsp3) is 0.611. The summed E-state index contributed by atoms with van der Waals surface area (Å²) < 4.78 is 0. The van der Waals surface area contributed by atoms with Gasteiger partial charge in [0.2, 0.25) is 0 Å². The van der Waals surface area contributed by atoms with E-state index >= 15 is 0 Å². The Labute approximate surface area is 135 Å². The van der Waals surface area contributed by atoms with E-state index < -0.39 is 0 Å². The van der Waals surface area contributed by atoms with Gasteiger partial charge in [-0.05, 0) is 58.3 Å². The number of hydrogen-bond acceptors (Lipinski definition) is 2. The first-order chi connectivity index (χ1) is 10.8. The Kier molecular flexibility index (Phi) is 7.23. The Morgan fingerprint density at radius 1 is 1.23 bits per heavy atom. The summed E-state index contributed by atoms with van der Waals surface area (Å²) >= 11 is 0. The number of nitrogens with zero attached hydrogens (tertiary/aromatic N) is 2. The zero-order chi connectivity index (χ0) is 15.6. The van der Waals surface area contributed by atoms with Gasteiger partial charge in [0.25, 0.3) is 0 Å². The van der Waals surface area contributed by atoms with Gasteiger partial charge in [0.15, 0.2) is 5.96 Å². The van der Waals surface area contributed by atoms with Gasteiger partial charge in [-0.25, -0.2) is 4.99 Å². The van der Waals surface area contributed by atoms with Crippen molar-refractivity contribution in [3.8, 4) is 0 Å². The van der Waals surface area contributed by atoms with Crippen LogP contribution < -0.4 is 10.6 Å². The molecule has 2 rings (SSSR count). The Balaban J connectivity index is 1.74. The summed E-state index contributed by atoms with van der Waals surface area (Å²) in [6.07, 6.45) is 3.91. The van der Waals surface area contributed by atoms with Crippen molar-refractivity contribution in [1.82, 2.24) is 15.5 Å². The van der Waals surface area contributed by atoms with Gasteiger partial charge in [-0.3, -0.25) is 0 Å². The van der Waals surface area contributed by atoms with Crippen molar-refractivity contribution in [3.05, 3.63) is 35.4 Å². The predicted octanol–water partition coefficient (Wildman–Crippen LogP) is 2.54. The molecule has 0 radical (unpaired) electrons. The molecule has 0 saturated carbocycles. The number of rotatable bonds is 7. The molecule has 0 bridgehead atoms. The van der Waals surface area contributed by atoms with Crippen LogP contribution in [0.4, 0.5) is 0 Å². The number of nitrogens with one attached hydrogen (secondary N) is 2. The van der Waals surface area contributed by atoms with E-state index in [1.807, 2.05) is 0 Å². The van der Waals surface area contributed by atoms with Crippen molar-refractivity contribution >= 4 is 5.96 Å². The van der Waals surface area contributed by atoms with E-state index in [-0.39, 0.29) is 0 Å². The summed E-state index contributed by atoms with van der Waals surface area (Å²) in [5, 5.41) is 6.76. The molecule has 1 heterocycles. The lowest BCUT2D eigenvalue weighted by Gasteiger charge is -2.15. The van der Waals surface area contributed by atoms with E-state index in [2.05, 4.69) is 58.6 Å². The molecule has 0 aromatic heterocycles. The second-order valence-corrected chi connectivity index (χ2v) is 6.01. The van der Waals surface area contributed by atoms with E-state index in [1.54, 1.807) is 0 Å². The summed E-state index contributed by atoms with van der Waals surface area (Å²) in [7, 11) is 0. The predicted molar refractivity (Wildman–Crippen MR) is 94.3 cm³/mol. The molecule has 0 atom stereocenters. The molecule has 0 aliphatic carbocycles. The standard InChI is InChI=1S/C18H30N4/c1-3-19-18(20-10-7-13-22-11-4-5-12-22)21-15-17-9-6-8-16(2)14-17/h6,8-9,14H,3-5,7,10-13,15H2,1-2H3,(H2,19,20,21). The molecular formula is C18H30N4. The molecular weight excluding hydrogens is 272 g/mol. The SMILES string of the molecule is CCNC(=NCc1cccc(C)c1)NCCCN1CCCC1. The van der Waals surface area contributed by atoms with Crippen molar-refractivity contribution in [2.75, 3.05) is 32.7 Å². The zero-order valence-corrected chi connectivity index (χ0v) is 14.1. The highest BCUT2D eigenvalue weighted by Crippen LogP contribution is 2.07. The van der Waals surface area contributed by atoms with Gasteiger partial charge >= 0.3 is 0 Å². The highest BCUT2D eigenvalue weighted by Gasteiger charge is 2.10. The summed E-state index contributed by atoms with van der Waals surface area (Å²) in [6.45, 7) is 10.6. The van der Waals surface area contributed by atoms with Gasteiger partial charge in [0.1, 0.15) is 0 Å². The van der Waals surface area contributed by atoms with Gasteiger partial charge in [0, 0.05) is 13.1 Å². The minimum Gasteiger partial charge on any atom is -0.357 e. The van der Waals surface area contributed by atoms with Gasteiger partial charge in [-0.2, -0.15) is 0 Å². The van der Waals surface area contributed by atoms with Gasteiger partial charge in [-0.15, -0.1) is 0 Å². The fourth-order valence-electron chi connectivity index (χ4n) is 2.84. The maximum absolute atomic E-state index is 4.67. The molecule has 1 aromatic rings. The van der Waals surface area contributed by atoms with Crippen LogP contribution >= 0.6 is 0 Å². The average molecular weight is 302 g/mol. The lowest BCUT2D eigenvalue weighted by molar-refractivity contribution is 0.334. The second kappa shape index (κ2) is 9.46. The number of aliphatic imine (C=N–C) groups is 1. The molecule has 1 aromatic carbocycles. The lowest BCUT2D eigenvalue weighted by Crippen LogP contribution is -2.38. The molecule has 1 saturated heterocycles. The summed E-state index contributed by atoms with van der Waals surface area (Å²) in [4.78, 5) is 7.23. The fourth-order valence-corrected chi connectivity index (χ4v) is 2.84. The van der Waals surface area contributed by atoms with Crippen LogP contribution in [0.5, 0.6) is 0 Å². The lowest BCUT2D eigenvalue weighted by atomic mass is 10.1. The molecule has 4 nitrogen and oxygen atoms in total. The number of hydrogen-bond donors (Lipinski definition) is 2. The summed E-state index contributed by atoms with van der Waals surface area (Å²) in [6, 6.07) is 8.54. The molecule has 2 N–H and O–H groups in total. The van der Waals surface area contributed by atoms with Crippen molar-refractivity contribution in [3.63, 3.8) is 0 Å². The molecule has 0 amide bonds. The number of likely N-dealkylation sites (tertiary alicyclic amines) is 1. The molecule has 1 fully saturated rings. The third-order valence-corrected chi connectivity index (χ3v) is 3.99. The van der Waals surface area contributed by atoms with E-state index in [4.69, 9.17) is 0 Å². The van der Waals surface area contributed by atoms with Gasteiger partial charge in [-0.1, -0.05) is 29.8 Å². The number of guanidine groups is 1. The minimum absolute atomic E-state index is 0.725. The van der Waals surface area contributed by atoms with Crippen LogP contribution in [0.25, 0.3) is 0 Å². The van der Waals surface area contributed by atoms with Crippen molar-refractivity contribution < 1.29 is 0 Å². The molecule has 22 heavy (non-hydrogen) atoms. The van der Waals surface area contributed by atoms with E-state index in [9.17, 15) is 0 Å².